The van der Waals surface area contributed by atoms with Gasteiger partial charge in [-0.15, -0.1) is 0 Å². The van der Waals surface area contributed by atoms with E-state index in [0.29, 0.717) is 32.0 Å². The zero-order valence-corrected chi connectivity index (χ0v) is 12.8. The number of ketones is 1. The quantitative estimate of drug-likeness (QED) is 0.515. The molecule has 0 spiro atoms. The van der Waals surface area contributed by atoms with Crippen molar-refractivity contribution in [1.29, 1.82) is 0 Å². The molecule has 0 radical (unpaired) electrons. The SMILES string of the molecule is COCCOCCOC(C)C(=O)c1ccc(C)c(C)c1. The van der Waals surface area contributed by atoms with Gasteiger partial charge in [0.1, 0.15) is 6.10 Å². The van der Waals surface area contributed by atoms with Crippen LogP contribution < -0.4 is 0 Å². The minimum atomic E-state index is -0.455. The van der Waals surface area contributed by atoms with Crippen molar-refractivity contribution in [2.24, 2.45) is 0 Å². The summed E-state index contributed by atoms with van der Waals surface area (Å²) in [5.74, 6) is 0.00462. The number of aryl methyl sites for hydroxylation is 2. The first kappa shape index (κ1) is 16.8. The maximum atomic E-state index is 12.2. The fourth-order valence-electron chi connectivity index (χ4n) is 1.73. The van der Waals surface area contributed by atoms with Gasteiger partial charge in [-0.3, -0.25) is 4.79 Å². The fourth-order valence-corrected chi connectivity index (χ4v) is 1.73. The second-order valence-corrected chi connectivity index (χ2v) is 4.78. The number of hydrogen-bond donors (Lipinski definition) is 0. The highest BCUT2D eigenvalue weighted by molar-refractivity contribution is 5.99. The molecule has 20 heavy (non-hydrogen) atoms. The second-order valence-electron chi connectivity index (χ2n) is 4.78. The molecule has 1 rings (SSSR count). The van der Waals surface area contributed by atoms with Crippen molar-refractivity contribution < 1.29 is 19.0 Å². The van der Waals surface area contributed by atoms with E-state index < -0.39 is 6.10 Å². The predicted molar refractivity (Wildman–Crippen MR) is 78.4 cm³/mol. The van der Waals surface area contributed by atoms with Gasteiger partial charge in [0.15, 0.2) is 5.78 Å². The number of rotatable bonds is 9. The maximum absolute atomic E-state index is 12.2. The summed E-state index contributed by atoms with van der Waals surface area (Å²) < 4.78 is 15.6. The first-order valence-corrected chi connectivity index (χ1v) is 6.86. The lowest BCUT2D eigenvalue weighted by Gasteiger charge is -2.13. The van der Waals surface area contributed by atoms with Crippen molar-refractivity contribution in [3.63, 3.8) is 0 Å². The molecule has 1 atom stereocenters. The molecule has 0 aliphatic heterocycles. The monoisotopic (exact) mass is 280 g/mol. The van der Waals surface area contributed by atoms with Crippen LogP contribution in [-0.4, -0.2) is 45.4 Å². The topological polar surface area (TPSA) is 44.8 Å². The van der Waals surface area contributed by atoms with Crippen LogP contribution in [0.5, 0.6) is 0 Å². The summed E-state index contributed by atoms with van der Waals surface area (Å²) in [5, 5.41) is 0. The van der Waals surface area contributed by atoms with E-state index in [1.807, 2.05) is 32.0 Å². The molecule has 1 aromatic rings. The summed E-state index contributed by atoms with van der Waals surface area (Å²) >= 11 is 0. The average molecular weight is 280 g/mol. The molecule has 0 aromatic heterocycles. The molecule has 0 amide bonds. The van der Waals surface area contributed by atoms with Crippen molar-refractivity contribution >= 4 is 5.78 Å². The van der Waals surface area contributed by atoms with Gasteiger partial charge < -0.3 is 14.2 Å². The molecule has 4 heteroatoms. The van der Waals surface area contributed by atoms with Gasteiger partial charge in [0.2, 0.25) is 0 Å². The Morgan fingerprint density at radius 3 is 2.45 bits per heavy atom. The standard InChI is InChI=1S/C16H24O4/c1-12-5-6-15(11-13(12)2)16(17)14(3)20-10-9-19-8-7-18-4/h5-6,11,14H,7-10H2,1-4H3. The van der Waals surface area contributed by atoms with E-state index >= 15 is 0 Å². The molecule has 4 nitrogen and oxygen atoms in total. The van der Waals surface area contributed by atoms with E-state index in [2.05, 4.69) is 0 Å². The molecule has 0 bridgehead atoms. The molecule has 0 saturated carbocycles. The van der Waals surface area contributed by atoms with Gasteiger partial charge in [-0.2, -0.15) is 0 Å². The lowest BCUT2D eigenvalue weighted by Crippen LogP contribution is -2.23. The number of ether oxygens (including phenoxy) is 3. The van der Waals surface area contributed by atoms with Crippen LogP contribution in [0.3, 0.4) is 0 Å². The number of benzene rings is 1. The van der Waals surface area contributed by atoms with Crippen LogP contribution in [0.1, 0.15) is 28.4 Å². The largest absolute Gasteiger partial charge is 0.382 e. The van der Waals surface area contributed by atoms with Crippen molar-refractivity contribution in [3.8, 4) is 0 Å². The maximum Gasteiger partial charge on any atom is 0.191 e. The molecule has 0 aliphatic carbocycles. The normalized spacial score (nSPS) is 12.4. The van der Waals surface area contributed by atoms with E-state index in [4.69, 9.17) is 14.2 Å². The van der Waals surface area contributed by atoms with Crippen molar-refractivity contribution in [1.82, 2.24) is 0 Å². The molecule has 112 valence electrons. The molecular formula is C16H24O4. The Bertz CT molecular complexity index is 428. The van der Waals surface area contributed by atoms with Crippen molar-refractivity contribution in [2.75, 3.05) is 33.5 Å². The molecule has 0 saturated heterocycles. The molecule has 1 unspecified atom stereocenters. The molecule has 1 aromatic carbocycles. The molecular weight excluding hydrogens is 256 g/mol. The molecule has 0 N–H and O–H groups in total. The summed E-state index contributed by atoms with van der Waals surface area (Å²) in [6, 6.07) is 5.72. The van der Waals surface area contributed by atoms with Crippen molar-refractivity contribution in [3.05, 3.63) is 34.9 Å². The van der Waals surface area contributed by atoms with Crippen LogP contribution in [0, 0.1) is 13.8 Å². The van der Waals surface area contributed by atoms with Crippen LogP contribution in [0.25, 0.3) is 0 Å². The van der Waals surface area contributed by atoms with Gasteiger partial charge in [0.05, 0.1) is 26.4 Å². The van der Waals surface area contributed by atoms with E-state index in [0.717, 1.165) is 5.56 Å². The third kappa shape index (κ3) is 5.41. The van der Waals surface area contributed by atoms with Gasteiger partial charge in [-0.25, -0.2) is 0 Å². The highest BCUT2D eigenvalue weighted by Crippen LogP contribution is 2.12. The Labute approximate surface area is 121 Å². The molecule has 0 heterocycles. The Kier molecular flexibility index (Phi) is 7.44. The number of carbonyl (C=O) groups excluding carboxylic acids is 1. The minimum absolute atomic E-state index is 0.00462. The van der Waals surface area contributed by atoms with E-state index in [1.54, 1.807) is 14.0 Å². The van der Waals surface area contributed by atoms with E-state index in [9.17, 15) is 4.79 Å². The zero-order chi connectivity index (χ0) is 15.0. The van der Waals surface area contributed by atoms with Crippen LogP contribution >= 0.6 is 0 Å². The Hall–Kier alpha value is -1.23. The highest BCUT2D eigenvalue weighted by atomic mass is 16.5. The number of methoxy groups -OCH3 is 1. The van der Waals surface area contributed by atoms with Gasteiger partial charge in [-0.05, 0) is 38.0 Å². The highest BCUT2D eigenvalue weighted by Gasteiger charge is 2.15. The molecule has 0 aliphatic rings. The third-order valence-electron chi connectivity index (χ3n) is 3.19. The second kappa shape index (κ2) is 8.84. The zero-order valence-electron chi connectivity index (χ0n) is 12.8. The lowest BCUT2D eigenvalue weighted by atomic mass is 10.0. The van der Waals surface area contributed by atoms with Crippen LogP contribution in [0.2, 0.25) is 0 Å². The van der Waals surface area contributed by atoms with Crippen LogP contribution in [0.4, 0.5) is 0 Å². The summed E-state index contributed by atoms with van der Waals surface area (Å²) in [4.78, 5) is 12.2. The third-order valence-corrected chi connectivity index (χ3v) is 3.19. The van der Waals surface area contributed by atoms with Gasteiger partial charge in [0.25, 0.3) is 0 Å². The average Bonchev–Trinajstić information content (AvgIpc) is 2.44. The molecule has 0 fully saturated rings. The van der Waals surface area contributed by atoms with E-state index in [1.165, 1.54) is 5.56 Å². The van der Waals surface area contributed by atoms with Crippen LogP contribution in [0.15, 0.2) is 18.2 Å². The van der Waals surface area contributed by atoms with Gasteiger partial charge in [-0.1, -0.05) is 12.1 Å². The number of hydrogen-bond acceptors (Lipinski definition) is 4. The fraction of sp³-hybridized carbons (Fsp3) is 0.562. The first-order valence-electron chi connectivity index (χ1n) is 6.86. The van der Waals surface area contributed by atoms with Gasteiger partial charge >= 0.3 is 0 Å². The number of Topliss-reactive ketones (excluding diaryl/α,β-unsaturated/α-hetero) is 1. The summed E-state index contributed by atoms with van der Waals surface area (Å²) in [5.41, 5.74) is 2.99. The van der Waals surface area contributed by atoms with Crippen molar-refractivity contribution in [2.45, 2.75) is 26.9 Å². The van der Waals surface area contributed by atoms with E-state index in [-0.39, 0.29) is 5.78 Å². The van der Waals surface area contributed by atoms with Gasteiger partial charge in [0, 0.05) is 12.7 Å². The smallest absolute Gasteiger partial charge is 0.191 e. The Morgan fingerprint density at radius 2 is 1.80 bits per heavy atom. The lowest BCUT2D eigenvalue weighted by molar-refractivity contribution is 0.00354. The Morgan fingerprint density at radius 1 is 1.10 bits per heavy atom. The summed E-state index contributed by atoms with van der Waals surface area (Å²) in [6.07, 6.45) is -0.455. The Balaban J connectivity index is 2.37. The first-order chi connectivity index (χ1) is 9.56. The number of carbonyl (C=O) groups is 1. The minimum Gasteiger partial charge on any atom is -0.382 e. The van der Waals surface area contributed by atoms with Crippen LogP contribution in [-0.2, 0) is 14.2 Å². The summed E-state index contributed by atoms with van der Waals surface area (Å²) in [6.45, 7) is 7.78. The predicted octanol–water partition coefficient (Wildman–Crippen LogP) is 2.55. The summed E-state index contributed by atoms with van der Waals surface area (Å²) in [7, 11) is 1.63.